The largest absolute Gasteiger partial charge is 0.298 e. The number of aromatic nitrogens is 3. The highest BCUT2D eigenvalue weighted by Crippen LogP contribution is 2.25. The number of rotatable bonds is 3. The number of likely N-dealkylation sites (tertiary alicyclic amines) is 1. The summed E-state index contributed by atoms with van der Waals surface area (Å²) in [5.74, 6) is 0.937. The first-order chi connectivity index (χ1) is 10.4. The summed E-state index contributed by atoms with van der Waals surface area (Å²) >= 11 is 1.75. The number of nitrogens with zero attached hydrogens (tertiary/aromatic N) is 4. The van der Waals surface area contributed by atoms with Crippen molar-refractivity contribution in [1.82, 2.24) is 19.5 Å². The second-order valence-electron chi connectivity index (χ2n) is 5.58. The van der Waals surface area contributed by atoms with E-state index in [-0.39, 0.29) is 0 Å². The highest BCUT2D eigenvalue weighted by Gasteiger charge is 2.15. The van der Waals surface area contributed by atoms with Gasteiger partial charge < -0.3 is 0 Å². The molecule has 108 valence electrons. The molecule has 4 nitrogen and oxygen atoms in total. The highest BCUT2D eigenvalue weighted by atomic mass is 32.1. The molecular formula is C16H18N4S. The standard InChI is InChI=1S/C16H18N4S/c1-3-7-13(8-4-1)15-17-18-16-20(15)12-14(21-16)11-19-9-5-2-6-10-19/h1,3-4,7-8,12H,2,5-6,9-11H2. The van der Waals surface area contributed by atoms with Crippen LogP contribution in [-0.2, 0) is 6.54 Å². The normalized spacial score (nSPS) is 16.6. The Kier molecular flexibility index (Phi) is 3.45. The molecular weight excluding hydrogens is 280 g/mol. The van der Waals surface area contributed by atoms with Crippen LogP contribution in [-0.4, -0.2) is 32.6 Å². The molecule has 0 amide bonds. The Labute approximate surface area is 128 Å². The molecule has 1 aromatic carbocycles. The van der Waals surface area contributed by atoms with Gasteiger partial charge in [-0.3, -0.25) is 9.30 Å². The molecule has 0 radical (unpaired) electrons. The van der Waals surface area contributed by atoms with Crippen molar-refractivity contribution in [2.24, 2.45) is 0 Å². The Morgan fingerprint density at radius 2 is 1.81 bits per heavy atom. The summed E-state index contributed by atoms with van der Waals surface area (Å²) in [7, 11) is 0. The van der Waals surface area contributed by atoms with Crippen molar-refractivity contribution < 1.29 is 0 Å². The lowest BCUT2D eigenvalue weighted by Crippen LogP contribution is -2.28. The second kappa shape index (κ2) is 5.58. The van der Waals surface area contributed by atoms with Crippen LogP contribution in [0.2, 0.25) is 0 Å². The van der Waals surface area contributed by atoms with E-state index in [1.54, 1.807) is 11.3 Å². The number of piperidine rings is 1. The van der Waals surface area contributed by atoms with Gasteiger partial charge in [0.2, 0.25) is 4.96 Å². The minimum atomic E-state index is 0.937. The van der Waals surface area contributed by atoms with Gasteiger partial charge in [-0.15, -0.1) is 10.2 Å². The molecule has 1 aliphatic heterocycles. The fourth-order valence-electron chi connectivity index (χ4n) is 2.95. The van der Waals surface area contributed by atoms with E-state index in [1.807, 2.05) is 18.2 Å². The number of hydrogen-bond donors (Lipinski definition) is 0. The molecule has 0 unspecified atom stereocenters. The van der Waals surface area contributed by atoms with Crippen LogP contribution in [0, 0.1) is 0 Å². The molecule has 1 fully saturated rings. The van der Waals surface area contributed by atoms with Gasteiger partial charge in [0.1, 0.15) is 0 Å². The van der Waals surface area contributed by atoms with E-state index >= 15 is 0 Å². The van der Waals surface area contributed by atoms with Gasteiger partial charge in [-0.05, 0) is 25.9 Å². The molecule has 0 bridgehead atoms. The monoisotopic (exact) mass is 298 g/mol. The van der Waals surface area contributed by atoms with Crippen molar-refractivity contribution in [3.63, 3.8) is 0 Å². The summed E-state index contributed by atoms with van der Waals surface area (Å²) in [5.41, 5.74) is 1.12. The zero-order chi connectivity index (χ0) is 14.1. The lowest BCUT2D eigenvalue weighted by molar-refractivity contribution is 0.222. The van der Waals surface area contributed by atoms with Crippen LogP contribution in [0.4, 0.5) is 0 Å². The molecule has 0 N–H and O–H groups in total. The van der Waals surface area contributed by atoms with Crippen molar-refractivity contribution in [3.05, 3.63) is 41.4 Å². The molecule has 0 saturated carbocycles. The first-order valence-corrected chi connectivity index (χ1v) is 8.33. The van der Waals surface area contributed by atoms with Gasteiger partial charge in [-0.2, -0.15) is 0 Å². The van der Waals surface area contributed by atoms with Gasteiger partial charge in [-0.1, -0.05) is 48.1 Å². The number of fused-ring (bicyclic) bond motifs is 1. The van der Waals surface area contributed by atoms with Crippen LogP contribution in [0.15, 0.2) is 36.5 Å². The Morgan fingerprint density at radius 3 is 2.62 bits per heavy atom. The SMILES string of the molecule is c1ccc(-c2nnc3sc(CN4CCCCC4)cn23)cc1. The van der Waals surface area contributed by atoms with Crippen LogP contribution in [0.1, 0.15) is 24.1 Å². The van der Waals surface area contributed by atoms with Crippen molar-refractivity contribution in [1.29, 1.82) is 0 Å². The third-order valence-corrected chi connectivity index (χ3v) is 4.98. The van der Waals surface area contributed by atoms with Gasteiger partial charge in [-0.25, -0.2) is 0 Å². The van der Waals surface area contributed by atoms with Gasteiger partial charge in [0.15, 0.2) is 5.82 Å². The quantitative estimate of drug-likeness (QED) is 0.742. The average Bonchev–Trinajstić information content (AvgIpc) is 3.09. The zero-order valence-electron chi connectivity index (χ0n) is 11.9. The van der Waals surface area contributed by atoms with Gasteiger partial charge in [0, 0.05) is 23.2 Å². The highest BCUT2D eigenvalue weighted by molar-refractivity contribution is 7.17. The Bertz CT molecular complexity index is 725. The second-order valence-corrected chi connectivity index (χ2v) is 6.67. The fourth-order valence-corrected chi connectivity index (χ4v) is 3.90. The van der Waals surface area contributed by atoms with Crippen LogP contribution < -0.4 is 0 Å². The molecule has 0 spiro atoms. The topological polar surface area (TPSA) is 33.4 Å². The Hall–Kier alpha value is -1.72. The van der Waals surface area contributed by atoms with E-state index in [2.05, 4.69) is 37.8 Å². The predicted molar refractivity (Wildman–Crippen MR) is 85.4 cm³/mol. The predicted octanol–water partition coefficient (Wildman–Crippen LogP) is 3.44. The maximum Gasteiger partial charge on any atom is 0.216 e. The lowest BCUT2D eigenvalue weighted by Gasteiger charge is -2.25. The van der Waals surface area contributed by atoms with E-state index in [1.165, 1.54) is 37.2 Å². The molecule has 1 aliphatic rings. The van der Waals surface area contributed by atoms with E-state index in [0.717, 1.165) is 22.9 Å². The van der Waals surface area contributed by atoms with E-state index < -0.39 is 0 Å². The molecule has 3 heterocycles. The van der Waals surface area contributed by atoms with Crippen molar-refractivity contribution >= 4 is 16.3 Å². The number of benzene rings is 1. The fraction of sp³-hybridized carbons (Fsp3) is 0.375. The van der Waals surface area contributed by atoms with Crippen molar-refractivity contribution in [2.75, 3.05) is 13.1 Å². The molecule has 5 heteroatoms. The number of hydrogen-bond acceptors (Lipinski definition) is 4. The molecule has 3 aromatic rings. The van der Waals surface area contributed by atoms with Gasteiger partial charge >= 0.3 is 0 Å². The first kappa shape index (κ1) is 13.0. The lowest BCUT2D eigenvalue weighted by atomic mass is 10.1. The van der Waals surface area contributed by atoms with E-state index in [4.69, 9.17) is 0 Å². The molecule has 4 rings (SSSR count). The third-order valence-electron chi connectivity index (χ3n) is 4.02. The third kappa shape index (κ3) is 2.59. The minimum Gasteiger partial charge on any atom is -0.298 e. The maximum absolute atomic E-state index is 4.32. The van der Waals surface area contributed by atoms with Gasteiger partial charge in [0.25, 0.3) is 0 Å². The molecule has 0 aliphatic carbocycles. The summed E-state index contributed by atoms with van der Waals surface area (Å²) in [6, 6.07) is 10.3. The van der Waals surface area contributed by atoms with Crippen molar-refractivity contribution in [2.45, 2.75) is 25.8 Å². The van der Waals surface area contributed by atoms with E-state index in [0.29, 0.717) is 0 Å². The van der Waals surface area contributed by atoms with Crippen LogP contribution >= 0.6 is 11.3 Å². The summed E-state index contributed by atoms with van der Waals surface area (Å²) in [4.78, 5) is 4.91. The Morgan fingerprint density at radius 1 is 1.00 bits per heavy atom. The van der Waals surface area contributed by atoms with E-state index in [9.17, 15) is 0 Å². The number of thiazole rings is 1. The zero-order valence-corrected chi connectivity index (χ0v) is 12.7. The van der Waals surface area contributed by atoms with Crippen molar-refractivity contribution in [3.8, 4) is 11.4 Å². The average molecular weight is 298 g/mol. The smallest absolute Gasteiger partial charge is 0.216 e. The van der Waals surface area contributed by atoms with Crippen LogP contribution in [0.5, 0.6) is 0 Å². The summed E-state index contributed by atoms with van der Waals surface area (Å²) in [6.45, 7) is 3.50. The molecule has 21 heavy (non-hydrogen) atoms. The molecule has 1 saturated heterocycles. The van der Waals surface area contributed by atoms with Crippen LogP contribution in [0.25, 0.3) is 16.3 Å². The minimum absolute atomic E-state index is 0.937. The molecule has 2 aromatic heterocycles. The Balaban J connectivity index is 1.63. The molecule has 0 atom stereocenters. The van der Waals surface area contributed by atoms with Gasteiger partial charge in [0.05, 0.1) is 0 Å². The maximum atomic E-state index is 4.32. The summed E-state index contributed by atoms with van der Waals surface area (Å²) in [6.07, 6.45) is 6.25. The first-order valence-electron chi connectivity index (χ1n) is 7.51. The summed E-state index contributed by atoms with van der Waals surface area (Å²) < 4.78 is 2.12. The van der Waals surface area contributed by atoms with Crippen LogP contribution in [0.3, 0.4) is 0 Å². The summed E-state index contributed by atoms with van der Waals surface area (Å²) in [5, 5.41) is 8.65.